The number of aromatic nitrogens is 2. The Morgan fingerprint density at radius 2 is 1.96 bits per heavy atom. The van der Waals surface area contributed by atoms with Crippen molar-refractivity contribution in [3.8, 4) is 16.2 Å². The number of rotatable bonds is 3. The van der Waals surface area contributed by atoms with Gasteiger partial charge in [-0.15, -0.1) is 11.3 Å². The lowest BCUT2D eigenvalue weighted by atomic mass is 10.1. The minimum absolute atomic E-state index is 0.0382. The summed E-state index contributed by atoms with van der Waals surface area (Å²) in [6, 6.07) is 17.1. The molecule has 2 aromatic heterocycles. The highest BCUT2D eigenvalue weighted by molar-refractivity contribution is 7.17. The molecule has 0 spiro atoms. The quantitative estimate of drug-likeness (QED) is 0.529. The summed E-state index contributed by atoms with van der Waals surface area (Å²) in [6.45, 7) is 0.407. The Hall–Kier alpha value is -3.45. The summed E-state index contributed by atoms with van der Waals surface area (Å²) >= 11 is 1.41. The van der Waals surface area contributed by atoms with Gasteiger partial charge in [-0.1, -0.05) is 24.3 Å². The van der Waals surface area contributed by atoms with Gasteiger partial charge in [-0.3, -0.25) is 0 Å². The van der Waals surface area contributed by atoms with Crippen LogP contribution in [0, 0.1) is 0 Å². The topological polar surface area (TPSA) is 87.3 Å². The van der Waals surface area contributed by atoms with Crippen LogP contribution in [0.2, 0.25) is 0 Å². The van der Waals surface area contributed by atoms with Gasteiger partial charge in [0, 0.05) is 21.4 Å². The molecule has 0 amide bonds. The zero-order chi connectivity index (χ0) is 19.1. The van der Waals surface area contributed by atoms with E-state index in [1.165, 1.54) is 11.3 Å². The number of nitrogen functional groups attached to an aromatic ring is 1. The van der Waals surface area contributed by atoms with E-state index in [0.29, 0.717) is 23.1 Å². The molecule has 5 rings (SSSR count). The summed E-state index contributed by atoms with van der Waals surface area (Å²) in [4.78, 5) is 22.8. The van der Waals surface area contributed by atoms with Gasteiger partial charge in [-0.2, -0.15) is 0 Å². The fourth-order valence-electron chi connectivity index (χ4n) is 3.22. The van der Waals surface area contributed by atoms with E-state index < -0.39 is 5.97 Å². The van der Waals surface area contributed by atoms with E-state index in [2.05, 4.69) is 9.97 Å². The number of esters is 1. The Morgan fingerprint density at radius 1 is 1.14 bits per heavy atom. The first-order chi connectivity index (χ1) is 13.7. The lowest BCUT2D eigenvalue weighted by molar-refractivity contribution is 0.0468. The Balaban J connectivity index is 1.37. The zero-order valence-corrected chi connectivity index (χ0v) is 15.5. The van der Waals surface area contributed by atoms with Gasteiger partial charge in [0.15, 0.2) is 12.4 Å². The number of nitrogens with zero attached hydrogens (tertiary/aromatic N) is 2. The molecule has 2 N–H and O–H groups in total. The fraction of sp³-hybridized carbons (Fsp3) is 0.0952. The summed E-state index contributed by atoms with van der Waals surface area (Å²) in [5.74, 6) is 1.17. The number of thiophene rings is 1. The fourth-order valence-corrected chi connectivity index (χ4v) is 4.31. The average Bonchev–Trinajstić information content (AvgIpc) is 3.17. The van der Waals surface area contributed by atoms with E-state index in [4.69, 9.17) is 15.2 Å². The van der Waals surface area contributed by atoms with Gasteiger partial charge < -0.3 is 15.2 Å². The summed E-state index contributed by atoms with van der Waals surface area (Å²) in [7, 11) is 0. The SMILES string of the molecule is Nc1nc(COC(=O)c2cc3c(s2)-c2ccccc2OC3)nc2ccccc12. The molecule has 1 aliphatic heterocycles. The maximum atomic E-state index is 12.6. The van der Waals surface area contributed by atoms with Crippen LogP contribution in [0.15, 0.2) is 54.6 Å². The zero-order valence-electron chi connectivity index (χ0n) is 14.7. The summed E-state index contributed by atoms with van der Waals surface area (Å²) in [5.41, 5.74) is 8.69. The van der Waals surface area contributed by atoms with Crippen molar-refractivity contribution in [1.82, 2.24) is 9.97 Å². The third kappa shape index (κ3) is 2.86. The van der Waals surface area contributed by atoms with Crippen LogP contribution in [0.25, 0.3) is 21.3 Å². The van der Waals surface area contributed by atoms with E-state index in [0.717, 1.165) is 32.7 Å². The van der Waals surface area contributed by atoms with Gasteiger partial charge in [0.1, 0.15) is 23.1 Å². The number of carbonyl (C=O) groups excluding carboxylic acids is 1. The first-order valence-corrected chi connectivity index (χ1v) is 9.54. The molecule has 7 heteroatoms. The van der Waals surface area contributed by atoms with Crippen LogP contribution in [-0.2, 0) is 18.0 Å². The molecular weight excluding hydrogens is 374 g/mol. The van der Waals surface area contributed by atoms with Crippen molar-refractivity contribution in [3.63, 3.8) is 0 Å². The molecule has 3 heterocycles. The standard InChI is InChI=1S/C21H15N3O3S/c22-20-13-5-1-3-7-15(13)23-18(24-20)11-27-21(25)17-9-12-10-26-16-8-4-2-6-14(16)19(12)28-17/h1-9H,10-11H2,(H2,22,23,24). The first kappa shape index (κ1) is 16.7. The lowest BCUT2D eigenvalue weighted by Crippen LogP contribution is -2.07. The van der Waals surface area contributed by atoms with Gasteiger partial charge in [-0.25, -0.2) is 14.8 Å². The highest BCUT2D eigenvalue weighted by Gasteiger charge is 2.23. The molecule has 0 atom stereocenters. The van der Waals surface area contributed by atoms with Crippen molar-refractivity contribution in [2.24, 2.45) is 0 Å². The molecule has 138 valence electrons. The van der Waals surface area contributed by atoms with Gasteiger partial charge >= 0.3 is 5.97 Å². The molecule has 0 bridgehead atoms. The van der Waals surface area contributed by atoms with Crippen molar-refractivity contribution >= 4 is 34.0 Å². The minimum Gasteiger partial charge on any atom is -0.488 e. The van der Waals surface area contributed by atoms with E-state index in [1.807, 2.05) is 54.6 Å². The second kappa shape index (κ2) is 6.61. The number of benzene rings is 2. The van der Waals surface area contributed by atoms with Crippen LogP contribution >= 0.6 is 11.3 Å². The highest BCUT2D eigenvalue weighted by Crippen LogP contribution is 2.42. The molecule has 0 fully saturated rings. The summed E-state index contributed by atoms with van der Waals surface area (Å²) < 4.78 is 11.2. The molecule has 6 nitrogen and oxygen atoms in total. The maximum Gasteiger partial charge on any atom is 0.348 e. The van der Waals surface area contributed by atoms with Crippen LogP contribution in [0.3, 0.4) is 0 Å². The number of fused-ring (bicyclic) bond motifs is 4. The molecule has 0 radical (unpaired) electrons. The van der Waals surface area contributed by atoms with Gasteiger partial charge in [0.25, 0.3) is 0 Å². The van der Waals surface area contributed by atoms with Crippen molar-refractivity contribution in [1.29, 1.82) is 0 Å². The molecule has 0 aliphatic carbocycles. The smallest absolute Gasteiger partial charge is 0.348 e. The Morgan fingerprint density at radius 3 is 2.89 bits per heavy atom. The van der Waals surface area contributed by atoms with Gasteiger partial charge in [0.05, 0.1) is 5.52 Å². The largest absolute Gasteiger partial charge is 0.488 e. The summed E-state index contributed by atoms with van der Waals surface area (Å²) in [6.07, 6.45) is 0. The highest BCUT2D eigenvalue weighted by atomic mass is 32.1. The summed E-state index contributed by atoms with van der Waals surface area (Å²) in [5, 5.41) is 0.780. The van der Waals surface area contributed by atoms with E-state index in [-0.39, 0.29) is 6.61 Å². The number of ether oxygens (including phenoxy) is 2. The van der Waals surface area contributed by atoms with Gasteiger partial charge in [-0.05, 0) is 30.3 Å². The van der Waals surface area contributed by atoms with Crippen LogP contribution in [0.5, 0.6) is 5.75 Å². The molecule has 4 aromatic rings. The first-order valence-electron chi connectivity index (χ1n) is 8.72. The number of nitrogens with two attached hydrogens (primary N) is 1. The van der Waals surface area contributed by atoms with Crippen LogP contribution < -0.4 is 10.5 Å². The lowest BCUT2D eigenvalue weighted by Gasteiger charge is -2.16. The average molecular weight is 389 g/mol. The predicted molar refractivity (Wildman–Crippen MR) is 107 cm³/mol. The van der Waals surface area contributed by atoms with E-state index in [9.17, 15) is 4.79 Å². The molecular formula is C21H15N3O3S. The predicted octanol–water partition coefficient (Wildman–Crippen LogP) is 4.19. The Bertz CT molecular complexity index is 1220. The van der Waals surface area contributed by atoms with Crippen LogP contribution in [0.4, 0.5) is 5.82 Å². The van der Waals surface area contributed by atoms with Crippen LogP contribution in [-0.4, -0.2) is 15.9 Å². The van der Waals surface area contributed by atoms with Crippen molar-refractivity contribution in [3.05, 3.63) is 70.9 Å². The number of anilines is 1. The monoisotopic (exact) mass is 389 g/mol. The maximum absolute atomic E-state index is 12.6. The number of carbonyl (C=O) groups is 1. The molecule has 2 aromatic carbocycles. The molecule has 28 heavy (non-hydrogen) atoms. The number of para-hydroxylation sites is 2. The Labute approximate surface area is 164 Å². The molecule has 0 saturated carbocycles. The minimum atomic E-state index is -0.410. The molecule has 1 aliphatic rings. The van der Waals surface area contributed by atoms with Crippen LogP contribution in [0.1, 0.15) is 21.1 Å². The third-order valence-corrected chi connectivity index (χ3v) is 5.73. The second-order valence-electron chi connectivity index (χ2n) is 6.37. The molecule has 0 unspecified atom stereocenters. The number of hydrogen-bond acceptors (Lipinski definition) is 7. The molecule has 0 saturated heterocycles. The Kier molecular flexibility index (Phi) is 3.95. The van der Waals surface area contributed by atoms with E-state index >= 15 is 0 Å². The second-order valence-corrected chi connectivity index (χ2v) is 7.42. The van der Waals surface area contributed by atoms with Crippen molar-refractivity contribution < 1.29 is 14.3 Å². The van der Waals surface area contributed by atoms with Crippen molar-refractivity contribution in [2.45, 2.75) is 13.2 Å². The van der Waals surface area contributed by atoms with E-state index in [1.54, 1.807) is 0 Å². The van der Waals surface area contributed by atoms with Gasteiger partial charge in [0.2, 0.25) is 0 Å². The third-order valence-electron chi connectivity index (χ3n) is 4.54. The number of hydrogen-bond donors (Lipinski definition) is 1. The normalized spacial score (nSPS) is 12.1. The van der Waals surface area contributed by atoms with Crippen molar-refractivity contribution in [2.75, 3.05) is 5.73 Å².